The Hall–Kier alpha value is -0.770. The first-order valence-corrected chi connectivity index (χ1v) is 7.02. The molecular weight excluding hydrogens is 260 g/mol. The average molecular weight is 285 g/mol. The van der Waals surface area contributed by atoms with Gasteiger partial charge in [-0.2, -0.15) is 0 Å². The van der Waals surface area contributed by atoms with Gasteiger partial charge in [0.25, 0.3) is 0 Å². The van der Waals surface area contributed by atoms with Crippen LogP contribution in [0.4, 0.5) is 5.69 Å². The third-order valence-electron chi connectivity index (χ3n) is 2.78. The monoisotopic (exact) mass is 284 g/mol. The molecule has 1 rings (SSSR count). The molecule has 1 aromatic carbocycles. The molecular formula is C15H25ClN2O. The van der Waals surface area contributed by atoms with Gasteiger partial charge in [0.1, 0.15) is 0 Å². The van der Waals surface area contributed by atoms with Crippen molar-refractivity contribution in [3.8, 4) is 0 Å². The lowest BCUT2D eigenvalue weighted by atomic mass is 10.1. The highest BCUT2D eigenvalue weighted by molar-refractivity contribution is 6.30. The van der Waals surface area contributed by atoms with Crippen molar-refractivity contribution in [3.05, 3.63) is 28.8 Å². The van der Waals surface area contributed by atoms with E-state index in [4.69, 9.17) is 11.6 Å². The summed E-state index contributed by atoms with van der Waals surface area (Å²) in [6, 6.07) is 6.29. The molecule has 0 bridgehead atoms. The molecule has 0 unspecified atom stereocenters. The molecule has 0 saturated heterocycles. The van der Waals surface area contributed by atoms with E-state index in [1.54, 1.807) is 0 Å². The van der Waals surface area contributed by atoms with E-state index >= 15 is 0 Å². The summed E-state index contributed by atoms with van der Waals surface area (Å²) in [5, 5.41) is 14.1. The summed E-state index contributed by atoms with van der Waals surface area (Å²) in [4.78, 5) is 2.06. The van der Waals surface area contributed by atoms with Gasteiger partial charge in [0.2, 0.25) is 0 Å². The Labute approximate surface area is 121 Å². The molecule has 2 N–H and O–H groups in total. The number of anilines is 1. The van der Waals surface area contributed by atoms with Gasteiger partial charge in [0.15, 0.2) is 0 Å². The predicted octanol–water partition coefficient (Wildman–Crippen LogP) is 3.05. The molecule has 0 radical (unpaired) electrons. The third-order valence-corrected chi connectivity index (χ3v) is 3.01. The number of likely N-dealkylation sites (N-methyl/N-ethyl adjacent to an activating group) is 1. The lowest BCUT2D eigenvalue weighted by molar-refractivity contribution is 0.0886. The summed E-state index contributed by atoms with van der Waals surface area (Å²) in [7, 11) is 1.99. The Bertz CT molecular complexity index is 413. The fourth-order valence-corrected chi connectivity index (χ4v) is 2.24. The van der Waals surface area contributed by atoms with Crippen LogP contribution in [0.15, 0.2) is 18.2 Å². The first-order chi connectivity index (χ1) is 8.69. The number of rotatable bonds is 6. The molecule has 0 fully saturated rings. The van der Waals surface area contributed by atoms with Crippen LogP contribution >= 0.6 is 11.6 Å². The molecule has 0 heterocycles. The summed E-state index contributed by atoms with van der Waals surface area (Å²) >= 11 is 6.07. The molecule has 0 atom stereocenters. The molecule has 0 spiro atoms. The Morgan fingerprint density at radius 3 is 2.53 bits per heavy atom. The van der Waals surface area contributed by atoms with Gasteiger partial charge in [0, 0.05) is 36.9 Å². The van der Waals surface area contributed by atoms with E-state index < -0.39 is 5.60 Å². The normalized spacial score (nSPS) is 12.0. The van der Waals surface area contributed by atoms with Gasteiger partial charge in [-0.25, -0.2) is 0 Å². The summed E-state index contributed by atoms with van der Waals surface area (Å²) < 4.78 is 0. The zero-order valence-corrected chi connectivity index (χ0v) is 13.3. The second-order valence-electron chi connectivity index (χ2n) is 5.98. The van der Waals surface area contributed by atoms with Gasteiger partial charge in [-0.05, 0) is 37.6 Å². The zero-order chi connectivity index (χ0) is 14.6. The summed E-state index contributed by atoms with van der Waals surface area (Å²) in [5.41, 5.74) is 1.52. The van der Waals surface area contributed by atoms with Gasteiger partial charge < -0.3 is 15.3 Å². The van der Waals surface area contributed by atoms with Crippen molar-refractivity contribution in [2.45, 2.75) is 45.9 Å². The van der Waals surface area contributed by atoms with Crippen molar-refractivity contribution in [1.82, 2.24) is 5.32 Å². The second-order valence-corrected chi connectivity index (χ2v) is 6.41. The van der Waals surface area contributed by atoms with E-state index in [9.17, 15) is 5.11 Å². The summed E-state index contributed by atoms with van der Waals surface area (Å²) in [5.74, 6) is 0. The van der Waals surface area contributed by atoms with Crippen molar-refractivity contribution in [1.29, 1.82) is 0 Å². The maximum absolute atomic E-state index is 9.93. The number of benzene rings is 1. The fourth-order valence-electron chi connectivity index (χ4n) is 2.05. The number of hydrogen-bond acceptors (Lipinski definition) is 3. The molecule has 0 aliphatic carbocycles. The van der Waals surface area contributed by atoms with E-state index in [2.05, 4.69) is 24.1 Å². The molecule has 4 heteroatoms. The topological polar surface area (TPSA) is 35.5 Å². The van der Waals surface area contributed by atoms with Gasteiger partial charge in [-0.15, -0.1) is 0 Å². The van der Waals surface area contributed by atoms with Crippen LogP contribution in [-0.4, -0.2) is 30.3 Å². The van der Waals surface area contributed by atoms with Crippen LogP contribution in [0.3, 0.4) is 0 Å². The van der Waals surface area contributed by atoms with Crippen LogP contribution in [0, 0.1) is 0 Å². The average Bonchev–Trinajstić information content (AvgIpc) is 2.23. The minimum Gasteiger partial charge on any atom is -0.389 e. The van der Waals surface area contributed by atoms with Gasteiger partial charge in [0.05, 0.1) is 5.60 Å². The molecule has 0 amide bonds. The smallest absolute Gasteiger partial charge is 0.0765 e. The van der Waals surface area contributed by atoms with Crippen molar-refractivity contribution in [2.24, 2.45) is 0 Å². The van der Waals surface area contributed by atoms with Crippen molar-refractivity contribution < 1.29 is 5.11 Å². The quantitative estimate of drug-likeness (QED) is 0.843. The lowest BCUT2D eigenvalue weighted by Gasteiger charge is -2.29. The van der Waals surface area contributed by atoms with Crippen LogP contribution in [0.2, 0.25) is 5.02 Å². The molecule has 19 heavy (non-hydrogen) atoms. The van der Waals surface area contributed by atoms with E-state index in [-0.39, 0.29) is 0 Å². The van der Waals surface area contributed by atoms with Crippen LogP contribution < -0.4 is 10.2 Å². The number of nitrogens with zero attached hydrogens (tertiary/aromatic N) is 1. The van der Waals surface area contributed by atoms with Gasteiger partial charge >= 0.3 is 0 Å². The molecule has 0 aliphatic rings. The van der Waals surface area contributed by atoms with Crippen LogP contribution in [0.1, 0.15) is 33.3 Å². The Morgan fingerprint density at radius 1 is 1.37 bits per heavy atom. The minimum absolute atomic E-state index is 0.423. The predicted molar refractivity (Wildman–Crippen MR) is 83.0 cm³/mol. The maximum atomic E-state index is 9.93. The van der Waals surface area contributed by atoms with Gasteiger partial charge in [-0.3, -0.25) is 0 Å². The minimum atomic E-state index is -0.725. The number of halogens is 1. The van der Waals surface area contributed by atoms with E-state index in [0.717, 1.165) is 22.8 Å². The molecule has 108 valence electrons. The Morgan fingerprint density at radius 2 is 2.00 bits per heavy atom. The molecule has 0 aliphatic heterocycles. The number of hydrogen-bond donors (Lipinski definition) is 2. The molecule has 1 aromatic rings. The molecule has 0 aromatic heterocycles. The van der Waals surface area contributed by atoms with E-state index in [0.29, 0.717) is 12.6 Å². The van der Waals surface area contributed by atoms with Crippen LogP contribution in [0.5, 0.6) is 0 Å². The highest BCUT2D eigenvalue weighted by atomic mass is 35.5. The SMILES string of the molecule is CC(C)NCc1cc(Cl)ccc1N(C)CC(C)(C)O. The first-order valence-electron chi connectivity index (χ1n) is 6.64. The highest BCUT2D eigenvalue weighted by Gasteiger charge is 2.18. The highest BCUT2D eigenvalue weighted by Crippen LogP contribution is 2.25. The first kappa shape index (κ1) is 16.3. The summed E-state index contributed by atoms with van der Waals surface area (Å²) in [6.07, 6.45) is 0. The van der Waals surface area contributed by atoms with E-state index in [1.807, 2.05) is 39.1 Å². The standard InChI is InChI=1S/C15H25ClN2O/c1-11(2)17-9-12-8-13(16)6-7-14(12)18(5)10-15(3,4)19/h6-8,11,17,19H,9-10H2,1-5H3. The Kier molecular flexibility index (Phi) is 5.65. The van der Waals surface area contributed by atoms with Gasteiger partial charge in [-0.1, -0.05) is 25.4 Å². The van der Waals surface area contributed by atoms with Crippen molar-refractivity contribution in [3.63, 3.8) is 0 Å². The zero-order valence-electron chi connectivity index (χ0n) is 12.5. The Balaban J connectivity index is 2.92. The fraction of sp³-hybridized carbons (Fsp3) is 0.600. The summed E-state index contributed by atoms with van der Waals surface area (Å²) in [6.45, 7) is 9.19. The second kappa shape index (κ2) is 6.60. The molecule has 3 nitrogen and oxygen atoms in total. The van der Waals surface area contributed by atoms with Crippen molar-refractivity contribution >= 4 is 17.3 Å². The lowest BCUT2D eigenvalue weighted by Crippen LogP contribution is -2.37. The number of nitrogens with one attached hydrogen (secondary N) is 1. The van der Waals surface area contributed by atoms with E-state index in [1.165, 1.54) is 0 Å². The largest absolute Gasteiger partial charge is 0.389 e. The third kappa shape index (κ3) is 5.81. The van der Waals surface area contributed by atoms with Crippen LogP contribution in [0.25, 0.3) is 0 Å². The van der Waals surface area contributed by atoms with Crippen molar-refractivity contribution in [2.75, 3.05) is 18.5 Å². The van der Waals surface area contributed by atoms with Crippen LogP contribution in [-0.2, 0) is 6.54 Å². The maximum Gasteiger partial charge on any atom is 0.0765 e. The molecule has 0 saturated carbocycles. The number of aliphatic hydroxyl groups is 1.